The highest BCUT2D eigenvalue weighted by Crippen LogP contribution is 2.30. The number of nitrogens with zero attached hydrogens (tertiary/aromatic N) is 4. The molecule has 216 valence electrons. The van der Waals surface area contributed by atoms with E-state index in [2.05, 4.69) is 9.98 Å². The van der Waals surface area contributed by atoms with Crippen molar-refractivity contribution >= 4 is 35.9 Å². The largest absolute Gasteiger partial charge is 0.462 e. The van der Waals surface area contributed by atoms with Crippen LogP contribution in [0, 0.1) is 0 Å². The SMILES string of the molecule is CCOC(=O)c1ccc(CN(C=Nc2ccn([C@H]3CS[C@@H](CO)O3)c(=O)n2)Cc2ccc(C(=O)OCC)cc2)cc1. The third kappa shape index (κ3) is 8.26. The summed E-state index contributed by atoms with van der Waals surface area (Å²) in [7, 11) is 0. The molecule has 0 amide bonds. The Morgan fingerprint density at radius 2 is 1.59 bits per heavy atom. The fraction of sp³-hybridized carbons (Fsp3) is 0.345. The predicted molar refractivity (Wildman–Crippen MR) is 154 cm³/mol. The molecule has 0 aliphatic carbocycles. The Labute approximate surface area is 241 Å². The maximum absolute atomic E-state index is 12.7. The van der Waals surface area contributed by atoms with E-state index in [0.717, 1.165) is 11.1 Å². The molecule has 1 aliphatic heterocycles. The van der Waals surface area contributed by atoms with Gasteiger partial charge in [-0.2, -0.15) is 4.98 Å². The first-order valence-electron chi connectivity index (χ1n) is 13.2. The van der Waals surface area contributed by atoms with E-state index < -0.39 is 11.9 Å². The molecule has 0 unspecified atom stereocenters. The van der Waals surface area contributed by atoms with E-state index in [1.54, 1.807) is 56.7 Å². The van der Waals surface area contributed by atoms with Crippen molar-refractivity contribution in [1.82, 2.24) is 14.5 Å². The molecule has 2 aromatic carbocycles. The zero-order valence-electron chi connectivity index (χ0n) is 22.8. The fourth-order valence-electron chi connectivity index (χ4n) is 4.05. The van der Waals surface area contributed by atoms with Gasteiger partial charge in [0.15, 0.2) is 5.82 Å². The molecule has 1 aliphatic rings. The highest BCUT2D eigenvalue weighted by Gasteiger charge is 2.27. The second-order valence-corrected chi connectivity index (χ2v) is 10.2. The number of aliphatic hydroxyl groups is 1. The second-order valence-electron chi connectivity index (χ2n) is 9.00. The maximum Gasteiger partial charge on any atom is 0.351 e. The van der Waals surface area contributed by atoms with Crippen LogP contribution in [0.15, 0.2) is 70.6 Å². The summed E-state index contributed by atoms with van der Waals surface area (Å²) in [6, 6.07) is 15.8. The molecule has 0 bridgehead atoms. The molecule has 0 spiro atoms. The zero-order chi connectivity index (χ0) is 29.2. The molecule has 11 nitrogen and oxygen atoms in total. The highest BCUT2D eigenvalue weighted by molar-refractivity contribution is 8.00. The maximum atomic E-state index is 12.7. The van der Waals surface area contributed by atoms with Crippen LogP contribution in [0.4, 0.5) is 5.82 Å². The van der Waals surface area contributed by atoms with Crippen molar-refractivity contribution in [3.05, 3.63) is 93.5 Å². The summed E-state index contributed by atoms with van der Waals surface area (Å²) < 4.78 is 17.2. The first-order valence-corrected chi connectivity index (χ1v) is 14.2. The molecular formula is C29H32N4O7S. The number of esters is 2. The lowest BCUT2D eigenvalue weighted by Gasteiger charge is -2.20. The first-order chi connectivity index (χ1) is 19.9. The van der Waals surface area contributed by atoms with Crippen molar-refractivity contribution in [2.24, 2.45) is 4.99 Å². The number of carbonyl (C=O) groups is 2. The molecule has 0 radical (unpaired) electrons. The molecule has 3 aromatic rings. The van der Waals surface area contributed by atoms with Crippen molar-refractivity contribution < 1.29 is 28.9 Å². The predicted octanol–water partition coefficient (Wildman–Crippen LogP) is 3.54. The summed E-state index contributed by atoms with van der Waals surface area (Å²) in [4.78, 5) is 47.1. The third-order valence-corrected chi connectivity index (χ3v) is 7.17. The smallest absolute Gasteiger partial charge is 0.351 e. The van der Waals surface area contributed by atoms with Crippen molar-refractivity contribution in [3.8, 4) is 0 Å². The van der Waals surface area contributed by atoms with Gasteiger partial charge in [0.1, 0.15) is 11.7 Å². The van der Waals surface area contributed by atoms with Gasteiger partial charge in [-0.1, -0.05) is 24.3 Å². The normalized spacial score (nSPS) is 16.6. The first kappa shape index (κ1) is 30.0. The van der Waals surface area contributed by atoms with E-state index >= 15 is 0 Å². The van der Waals surface area contributed by atoms with Gasteiger partial charge in [0, 0.05) is 25.0 Å². The monoisotopic (exact) mass is 580 g/mol. The molecule has 1 saturated heterocycles. The number of carbonyl (C=O) groups excluding carboxylic acids is 2. The van der Waals surface area contributed by atoms with Gasteiger partial charge in [-0.05, 0) is 55.3 Å². The quantitative estimate of drug-likeness (QED) is 0.193. The molecule has 41 heavy (non-hydrogen) atoms. The van der Waals surface area contributed by atoms with Gasteiger partial charge in [0.2, 0.25) is 0 Å². The minimum absolute atomic E-state index is 0.126. The summed E-state index contributed by atoms with van der Waals surface area (Å²) in [6.45, 7) is 4.88. The number of ether oxygens (including phenoxy) is 3. The lowest BCUT2D eigenvalue weighted by Crippen LogP contribution is -2.28. The van der Waals surface area contributed by atoms with E-state index in [-0.39, 0.29) is 29.8 Å². The number of benzene rings is 2. The number of hydrogen-bond donors (Lipinski definition) is 1. The molecule has 1 fully saturated rings. The molecule has 1 aromatic heterocycles. The van der Waals surface area contributed by atoms with Crippen LogP contribution in [0.1, 0.15) is 51.9 Å². The van der Waals surface area contributed by atoms with Crippen molar-refractivity contribution in [1.29, 1.82) is 0 Å². The van der Waals surface area contributed by atoms with Crippen molar-refractivity contribution in [2.75, 3.05) is 25.6 Å². The standard InChI is InChI=1S/C29H32N4O7S/c1-3-38-27(35)22-9-5-20(6-10-22)15-32(16-21-7-11-23(12-8-21)28(36)39-4-2)19-30-24-13-14-33(29(37)31-24)25-18-41-26(17-34)40-25/h5-14,19,25-26,34H,3-4,15-18H2,1-2H3/t25-,26+/m1/s1. The van der Waals surface area contributed by atoms with E-state index in [4.69, 9.17) is 14.2 Å². The fourth-order valence-corrected chi connectivity index (χ4v) is 4.98. The van der Waals surface area contributed by atoms with E-state index in [0.29, 0.717) is 43.2 Å². The number of rotatable bonds is 12. The second kappa shape index (κ2) is 14.6. The number of hydrogen-bond acceptors (Lipinski definition) is 10. The van der Waals surface area contributed by atoms with Crippen molar-refractivity contribution in [3.63, 3.8) is 0 Å². The van der Waals surface area contributed by atoms with Crippen LogP contribution >= 0.6 is 11.8 Å². The topological polar surface area (TPSA) is 133 Å². The van der Waals surface area contributed by atoms with Crippen LogP contribution in [-0.4, -0.2) is 68.8 Å². The van der Waals surface area contributed by atoms with Crippen LogP contribution in [0.5, 0.6) is 0 Å². The number of aromatic nitrogens is 2. The molecule has 12 heteroatoms. The Kier molecular flexibility index (Phi) is 10.7. The van der Waals surface area contributed by atoms with Gasteiger partial charge in [0.05, 0.1) is 37.3 Å². The van der Waals surface area contributed by atoms with E-state index in [1.807, 2.05) is 29.2 Å². The van der Waals surface area contributed by atoms with E-state index in [1.165, 1.54) is 16.3 Å². The summed E-state index contributed by atoms with van der Waals surface area (Å²) in [5, 5.41) is 9.28. The summed E-state index contributed by atoms with van der Waals surface area (Å²) in [5.74, 6) is 0.00504. The molecule has 0 saturated carbocycles. The molecule has 2 heterocycles. The minimum atomic E-state index is -0.500. The Balaban J connectivity index is 1.52. The Bertz CT molecular complexity index is 1350. The Hall–Kier alpha value is -4.00. The van der Waals surface area contributed by atoms with E-state index in [9.17, 15) is 19.5 Å². The van der Waals surface area contributed by atoms with Gasteiger partial charge in [-0.3, -0.25) is 4.57 Å². The van der Waals surface area contributed by atoms with Crippen molar-refractivity contribution in [2.45, 2.75) is 38.6 Å². The highest BCUT2D eigenvalue weighted by atomic mass is 32.2. The van der Waals surface area contributed by atoms with Crippen LogP contribution in [0.25, 0.3) is 0 Å². The van der Waals surface area contributed by atoms with Gasteiger partial charge in [-0.15, -0.1) is 11.8 Å². The molecule has 2 atom stereocenters. The zero-order valence-corrected chi connectivity index (χ0v) is 23.7. The lowest BCUT2D eigenvalue weighted by atomic mass is 10.1. The Morgan fingerprint density at radius 3 is 2.05 bits per heavy atom. The van der Waals surface area contributed by atoms with Crippen LogP contribution in [0.3, 0.4) is 0 Å². The molecular weight excluding hydrogens is 548 g/mol. The van der Waals surface area contributed by atoms with Gasteiger partial charge in [0.25, 0.3) is 0 Å². The summed E-state index contributed by atoms with van der Waals surface area (Å²) in [5.41, 5.74) is 1.90. The Morgan fingerprint density at radius 1 is 1.02 bits per heavy atom. The number of aliphatic imine (C=N–C) groups is 1. The average Bonchev–Trinajstić information content (AvgIpc) is 3.46. The summed E-state index contributed by atoms with van der Waals surface area (Å²) >= 11 is 1.44. The van der Waals surface area contributed by atoms with Gasteiger partial charge >= 0.3 is 17.6 Å². The molecule has 1 N–H and O–H groups in total. The van der Waals surface area contributed by atoms with Gasteiger partial charge < -0.3 is 24.2 Å². The number of thioether (sulfide) groups is 1. The minimum Gasteiger partial charge on any atom is -0.462 e. The number of aliphatic hydroxyl groups excluding tert-OH is 1. The average molecular weight is 581 g/mol. The van der Waals surface area contributed by atoms with Crippen LogP contribution < -0.4 is 5.69 Å². The van der Waals surface area contributed by atoms with Gasteiger partial charge in [-0.25, -0.2) is 19.4 Å². The lowest BCUT2D eigenvalue weighted by molar-refractivity contribution is -0.00630. The van der Waals surface area contributed by atoms with Crippen LogP contribution in [0.2, 0.25) is 0 Å². The molecule has 4 rings (SSSR count). The third-order valence-electron chi connectivity index (χ3n) is 6.06. The van der Waals surface area contributed by atoms with Crippen LogP contribution in [-0.2, 0) is 27.3 Å². The summed E-state index contributed by atoms with van der Waals surface area (Å²) in [6.07, 6.45) is 2.69.